The van der Waals surface area contributed by atoms with Gasteiger partial charge in [-0.25, -0.2) is 9.37 Å². The van der Waals surface area contributed by atoms with Crippen molar-refractivity contribution in [2.45, 2.75) is 30.4 Å². The third kappa shape index (κ3) is 5.00. The minimum Gasteiger partial charge on any atom is -0.494 e. The lowest BCUT2D eigenvalue weighted by Crippen LogP contribution is -2.45. The number of primary amides is 1. The van der Waals surface area contributed by atoms with Crippen LogP contribution in [0.25, 0.3) is 22.2 Å². The van der Waals surface area contributed by atoms with Crippen LogP contribution in [0.2, 0.25) is 0 Å². The van der Waals surface area contributed by atoms with Crippen LogP contribution in [0.3, 0.4) is 0 Å². The number of nitrogens with one attached hydrogen (secondary N) is 1. The third-order valence-corrected chi connectivity index (χ3v) is 8.12. The smallest absolute Gasteiger partial charge is 0.398 e. The first-order valence-corrected chi connectivity index (χ1v) is 13.5. The van der Waals surface area contributed by atoms with Crippen LogP contribution in [0.4, 0.5) is 17.6 Å². The lowest BCUT2D eigenvalue weighted by atomic mass is 9.76. The van der Waals surface area contributed by atoms with Gasteiger partial charge in [-0.15, -0.1) is 0 Å². The molecule has 8 nitrogen and oxygen atoms in total. The van der Waals surface area contributed by atoms with Gasteiger partial charge < -0.3 is 20.5 Å². The largest absolute Gasteiger partial charge is 0.494 e. The Morgan fingerprint density at radius 3 is 2.56 bits per heavy atom. The molecule has 0 unspecified atom stereocenters. The number of alkyl halides is 3. The number of pyridine rings is 2. The molecule has 4 aromatic rings. The standard InChI is InChI=1S/C31H26F4N4O4/c1-42-24-12-18(11-17-3-2-10-37-25(17)24)28(40)38-14-22(31(33,34)35)23-13-21-27(26(39-23)16-4-8-20(32)9-5-16)43-15-30(21,29(36)41)19-6-7-19/h2-5,8-13,19,22H,6-7,14-15H2,1H3,(H2,36,41)(H,38,40)/t22-,30+/m1/s1. The summed E-state index contributed by atoms with van der Waals surface area (Å²) in [7, 11) is 1.40. The molecule has 2 atom stereocenters. The molecule has 0 bridgehead atoms. The Kier molecular flexibility index (Phi) is 6.94. The molecule has 2 aromatic carbocycles. The number of carbonyl (C=O) groups excluding carboxylic acids is 2. The van der Waals surface area contributed by atoms with Crippen molar-refractivity contribution in [3.63, 3.8) is 0 Å². The molecule has 2 aromatic heterocycles. The number of amides is 2. The van der Waals surface area contributed by atoms with Crippen LogP contribution in [0, 0.1) is 11.7 Å². The van der Waals surface area contributed by atoms with Gasteiger partial charge in [0.2, 0.25) is 5.91 Å². The summed E-state index contributed by atoms with van der Waals surface area (Å²) in [5.74, 6) is -4.01. The monoisotopic (exact) mass is 594 g/mol. The average molecular weight is 595 g/mol. The topological polar surface area (TPSA) is 116 Å². The number of rotatable bonds is 8. The van der Waals surface area contributed by atoms with E-state index in [1.807, 2.05) is 0 Å². The minimum absolute atomic E-state index is 0.0311. The zero-order valence-electron chi connectivity index (χ0n) is 22.9. The van der Waals surface area contributed by atoms with E-state index in [1.165, 1.54) is 37.4 Å². The van der Waals surface area contributed by atoms with Gasteiger partial charge in [0.15, 0.2) is 0 Å². The lowest BCUT2D eigenvalue weighted by molar-refractivity contribution is -0.149. The van der Waals surface area contributed by atoms with Gasteiger partial charge >= 0.3 is 6.18 Å². The molecule has 12 heteroatoms. The van der Waals surface area contributed by atoms with Crippen LogP contribution >= 0.6 is 0 Å². The molecule has 3 heterocycles. The highest BCUT2D eigenvalue weighted by molar-refractivity contribution is 6.00. The van der Waals surface area contributed by atoms with E-state index < -0.39 is 47.4 Å². The molecule has 2 aliphatic rings. The van der Waals surface area contributed by atoms with Crippen molar-refractivity contribution in [1.82, 2.24) is 15.3 Å². The summed E-state index contributed by atoms with van der Waals surface area (Å²) in [6, 6.07) is 12.6. The predicted octanol–water partition coefficient (Wildman–Crippen LogP) is 5.05. The highest BCUT2D eigenvalue weighted by Gasteiger charge is 2.57. The van der Waals surface area contributed by atoms with Gasteiger partial charge in [-0.1, -0.05) is 6.07 Å². The molecule has 0 spiro atoms. The van der Waals surface area contributed by atoms with E-state index in [2.05, 4.69) is 15.3 Å². The SMILES string of the molecule is COc1cc(C(=O)NC[C@H](c2cc3c(c(-c4ccc(F)cc4)n2)OC[C@]3(C(N)=O)C2CC2)C(F)(F)F)cc2cccnc12. The molecule has 1 aliphatic heterocycles. The minimum atomic E-state index is -4.84. The van der Waals surface area contributed by atoms with E-state index in [9.17, 15) is 27.2 Å². The van der Waals surface area contributed by atoms with Crippen LogP contribution < -0.4 is 20.5 Å². The van der Waals surface area contributed by atoms with E-state index in [-0.39, 0.29) is 35.1 Å². The fourth-order valence-electron chi connectivity index (χ4n) is 5.73. The van der Waals surface area contributed by atoms with Crippen LogP contribution in [0.15, 0.2) is 60.8 Å². The molecule has 3 N–H and O–H groups in total. The van der Waals surface area contributed by atoms with Crippen molar-refractivity contribution in [3.05, 3.63) is 83.4 Å². The average Bonchev–Trinajstić information content (AvgIpc) is 3.76. The van der Waals surface area contributed by atoms with Crippen molar-refractivity contribution in [2.24, 2.45) is 11.7 Å². The Balaban J connectivity index is 1.41. The Morgan fingerprint density at radius 1 is 1.16 bits per heavy atom. The van der Waals surface area contributed by atoms with Crippen molar-refractivity contribution >= 4 is 22.7 Å². The van der Waals surface area contributed by atoms with Crippen LogP contribution in [0.5, 0.6) is 11.5 Å². The van der Waals surface area contributed by atoms with E-state index in [0.29, 0.717) is 35.1 Å². The summed E-state index contributed by atoms with van der Waals surface area (Å²) in [5.41, 5.74) is 5.24. The van der Waals surface area contributed by atoms with E-state index in [0.717, 1.165) is 12.1 Å². The van der Waals surface area contributed by atoms with Crippen molar-refractivity contribution in [2.75, 3.05) is 20.3 Å². The lowest BCUT2D eigenvalue weighted by Gasteiger charge is -2.26. The van der Waals surface area contributed by atoms with E-state index in [4.69, 9.17) is 15.2 Å². The second-order valence-corrected chi connectivity index (χ2v) is 10.7. The van der Waals surface area contributed by atoms with Crippen LogP contribution in [0.1, 0.15) is 40.4 Å². The highest BCUT2D eigenvalue weighted by atomic mass is 19.4. The summed E-state index contributed by atoms with van der Waals surface area (Å²) in [6.45, 7) is -0.980. The van der Waals surface area contributed by atoms with Crippen LogP contribution in [-0.4, -0.2) is 48.2 Å². The van der Waals surface area contributed by atoms with Gasteiger partial charge in [0.05, 0.1) is 12.8 Å². The molecule has 1 aliphatic carbocycles. The number of benzene rings is 2. The number of carbonyl (C=O) groups is 2. The Bertz CT molecular complexity index is 1740. The Morgan fingerprint density at radius 2 is 1.91 bits per heavy atom. The van der Waals surface area contributed by atoms with Gasteiger partial charge in [0, 0.05) is 34.8 Å². The fraction of sp³-hybridized carbons (Fsp3) is 0.290. The predicted molar refractivity (Wildman–Crippen MR) is 148 cm³/mol. The maximum atomic E-state index is 14.7. The molecular formula is C31H26F4N4O4. The number of hydrogen-bond acceptors (Lipinski definition) is 6. The number of nitrogens with zero attached hydrogens (tertiary/aromatic N) is 2. The summed E-state index contributed by atoms with van der Waals surface area (Å²) in [6.07, 6.45) is -1.95. The molecule has 2 amide bonds. The molecule has 0 saturated heterocycles. The summed E-state index contributed by atoms with van der Waals surface area (Å²) >= 11 is 0. The molecule has 222 valence electrons. The number of hydrogen-bond donors (Lipinski definition) is 2. The first kappa shape index (κ1) is 28.4. The fourth-order valence-corrected chi connectivity index (χ4v) is 5.73. The highest BCUT2D eigenvalue weighted by Crippen LogP contribution is 2.55. The molecule has 43 heavy (non-hydrogen) atoms. The zero-order chi connectivity index (χ0) is 30.5. The Labute approximate surface area is 243 Å². The molecular weight excluding hydrogens is 568 g/mol. The number of fused-ring (bicyclic) bond motifs is 2. The van der Waals surface area contributed by atoms with Gasteiger partial charge in [0.25, 0.3) is 5.91 Å². The van der Waals surface area contributed by atoms with Crippen molar-refractivity contribution in [3.8, 4) is 22.8 Å². The molecule has 6 rings (SSSR count). The van der Waals surface area contributed by atoms with Crippen molar-refractivity contribution < 1.29 is 36.6 Å². The van der Waals surface area contributed by atoms with Gasteiger partial charge in [0.1, 0.15) is 46.5 Å². The normalized spacial score (nSPS) is 18.5. The maximum Gasteiger partial charge on any atom is 0.398 e. The number of methoxy groups -OCH3 is 1. The third-order valence-electron chi connectivity index (χ3n) is 8.12. The van der Waals surface area contributed by atoms with Crippen molar-refractivity contribution in [1.29, 1.82) is 0 Å². The van der Waals surface area contributed by atoms with E-state index in [1.54, 1.807) is 18.3 Å². The second kappa shape index (κ2) is 10.5. The summed E-state index contributed by atoms with van der Waals surface area (Å²) in [4.78, 5) is 34.5. The van der Waals surface area contributed by atoms with E-state index >= 15 is 0 Å². The Hall–Kier alpha value is -4.74. The quantitative estimate of drug-likeness (QED) is 0.276. The van der Waals surface area contributed by atoms with Gasteiger partial charge in [-0.2, -0.15) is 13.2 Å². The molecule has 1 saturated carbocycles. The van der Waals surface area contributed by atoms with Crippen LogP contribution in [-0.2, 0) is 10.2 Å². The molecule has 1 fully saturated rings. The van der Waals surface area contributed by atoms with Gasteiger partial charge in [-0.05, 0) is 67.3 Å². The zero-order valence-corrected chi connectivity index (χ0v) is 22.9. The number of aromatic nitrogens is 2. The maximum absolute atomic E-state index is 14.7. The number of ether oxygens (including phenoxy) is 2. The summed E-state index contributed by atoms with van der Waals surface area (Å²) < 4.78 is 68.9. The second-order valence-electron chi connectivity index (χ2n) is 10.7. The number of nitrogens with two attached hydrogens (primary N) is 1. The number of halogens is 4. The first-order chi connectivity index (χ1) is 20.5. The molecule has 0 radical (unpaired) electrons. The summed E-state index contributed by atoms with van der Waals surface area (Å²) in [5, 5.41) is 2.96. The van der Waals surface area contributed by atoms with Gasteiger partial charge in [-0.3, -0.25) is 14.6 Å². The first-order valence-electron chi connectivity index (χ1n) is 13.5.